The zero-order valence-corrected chi connectivity index (χ0v) is 20.7. The summed E-state index contributed by atoms with van der Waals surface area (Å²) in [6, 6.07) is 3.02. The number of hydrogen-bond donors (Lipinski definition) is 2. The second kappa shape index (κ2) is 10.4. The van der Waals surface area contributed by atoms with Crippen molar-refractivity contribution in [2.75, 3.05) is 38.6 Å². The summed E-state index contributed by atoms with van der Waals surface area (Å²) in [6.07, 6.45) is -5.65. The van der Waals surface area contributed by atoms with Gasteiger partial charge in [-0.05, 0) is 13.0 Å². The number of carbonyl (C=O) groups excluding carboxylic acids is 2. The standard InChI is InChI=1S/C24H26F5N5O4/c1-12-17(13-4-5-14(25)18(26)19(13)37-3)20(38-23(12,2)24(27,28)29)21(35)33-16-10-15(31-11-32-16)22(36)34-8-6-30-7-9-34/h4-5,10-12,17,20,30H,6-9H2,1-3H3,(H,31,32,33,35)/t12-,17-,20+,23+/m0/s1. The molecule has 0 radical (unpaired) electrons. The molecule has 0 bridgehead atoms. The van der Waals surface area contributed by atoms with Gasteiger partial charge in [0.2, 0.25) is 5.82 Å². The van der Waals surface area contributed by atoms with E-state index in [1.54, 1.807) is 4.90 Å². The van der Waals surface area contributed by atoms with Crippen molar-refractivity contribution in [2.45, 2.75) is 37.6 Å². The first-order valence-electron chi connectivity index (χ1n) is 11.8. The Bertz CT molecular complexity index is 1220. The maximum Gasteiger partial charge on any atom is 0.417 e. The van der Waals surface area contributed by atoms with Gasteiger partial charge in [-0.25, -0.2) is 14.4 Å². The summed E-state index contributed by atoms with van der Waals surface area (Å²) in [4.78, 5) is 35.5. The van der Waals surface area contributed by atoms with Crippen LogP contribution in [0, 0.1) is 17.6 Å². The van der Waals surface area contributed by atoms with Crippen molar-refractivity contribution >= 4 is 17.6 Å². The van der Waals surface area contributed by atoms with Gasteiger partial charge in [-0.3, -0.25) is 9.59 Å². The number of rotatable bonds is 5. The van der Waals surface area contributed by atoms with Gasteiger partial charge in [-0.15, -0.1) is 0 Å². The second-order valence-electron chi connectivity index (χ2n) is 9.26. The lowest BCUT2D eigenvalue weighted by Gasteiger charge is -2.32. The maximum absolute atomic E-state index is 14.5. The third kappa shape index (κ3) is 4.89. The summed E-state index contributed by atoms with van der Waals surface area (Å²) in [6.45, 7) is 4.10. The zero-order valence-electron chi connectivity index (χ0n) is 20.7. The number of aromatic nitrogens is 2. The van der Waals surface area contributed by atoms with E-state index < -0.39 is 58.9 Å². The number of ether oxygens (including phenoxy) is 2. The van der Waals surface area contributed by atoms with Crippen molar-refractivity contribution in [3.8, 4) is 5.75 Å². The Kier molecular flexibility index (Phi) is 7.57. The van der Waals surface area contributed by atoms with Gasteiger partial charge in [0.25, 0.3) is 11.8 Å². The SMILES string of the molecule is COc1c([C@H]2[C@H](C(=O)Nc3cc(C(=O)N4CCNCC4)ncn3)O[C@@](C)(C(F)(F)F)[C@H]2C)ccc(F)c1F. The molecule has 0 unspecified atom stereocenters. The number of alkyl halides is 3. The van der Waals surface area contributed by atoms with Crippen LogP contribution in [0.3, 0.4) is 0 Å². The highest BCUT2D eigenvalue weighted by Gasteiger charge is 2.66. The summed E-state index contributed by atoms with van der Waals surface area (Å²) in [5, 5.41) is 5.49. The van der Waals surface area contributed by atoms with Gasteiger partial charge < -0.3 is 25.0 Å². The molecule has 1 aromatic carbocycles. The van der Waals surface area contributed by atoms with Gasteiger partial charge in [0.1, 0.15) is 23.9 Å². The van der Waals surface area contributed by atoms with Crippen LogP contribution in [0.4, 0.5) is 27.8 Å². The molecule has 3 heterocycles. The van der Waals surface area contributed by atoms with Gasteiger partial charge in [-0.1, -0.05) is 13.0 Å². The smallest absolute Gasteiger partial charge is 0.417 e. The third-order valence-corrected chi connectivity index (χ3v) is 7.11. The lowest BCUT2D eigenvalue weighted by atomic mass is 9.77. The minimum absolute atomic E-state index is 0.0168. The van der Waals surface area contributed by atoms with Crippen molar-refractivity contribution < 1.29 is 41.0 Å². The highest BCUT2D eigenvalue weighted by Crippen LogP contribution is 2.55. The maximum atomic E-state index is 14.5. The van der Waals surface area contributed by atoms with Crippen molar-refractivity contribution in [3.05, 3.63) is 47.4 Å². The van der Waals surface area contributed by atoms with Crippen LogP contribution in [-0.4, -0.2) is 77.9 Å². The quantitative estimate of drug-likeness (QED) is 0.559. The molecular weight excluding hydrogens is 517 g/mol. The van der Waals surface area contributed by atoms with Crippen LogP contribution in [0.2, 0.25) is 0 Å². The largest absolute Gasteiger partial charge is 0.493 e. The van der Waals surface area contributed by atoms with Crippen molar-refractivity contribution in [1.29, 1.82) is 0 Å². The molecule has 14 heteroatoms. The molecule has 2 saturated heterocycles. The average Bonchev–Trinajstić information content (AvgIpc) is 3.17. The molecule has 2 fully saturated rings. The molecule has 2 N–H and O–H groups in total. The van der Waals surface area contributed by atoms with E-state index in [4.69, 9.17) is 9.47 Å². The monoisotopic (exact) mass is 543 g/mol. The van der Waals surface area contributed by atoms with Gasteiger partial charge in [0.15, 0.2) is 17.2 Å². The molecule has 0 spiro atoms. The van der Waals surface area contributed by atoms with E-state index in [0.717, 1.165) is 32.5 Å². The number of carbonyl (C=O) groups is 2. The predicted molar refractivity (Wildman–Crippen MR) is 124 cm³/mol. The average molecular weight is 543 g/mol. The molecule has 1 aromatic heterocycles. The van der Waals surface area contributed by atoms with Crippen molar-refractivity contribution in [1.82, 2.24) is 20.2 Å². The van der Waals surface area contributed by atoms with Crippen LogP contribution >= 0.6 is 0 Å². The van der Waals surface area contributed by atoms with E-state index in [1.807, 2.05) is 0 Å². The minimum atomic E-state index is -4.90. The van der Waals surface area contributed by atoms with Crippen LogP contribution in [-0.2, 0) is 9.53 Å². The van der Waals surface area contributed by atoms with Crippen molar-refractivity contribution in [2.24, 2.45) is 5.92 Å². The molecule has 9 nitrogen and oxygen atoms in total. The highest BCUT2D eigenvalue weighted by molar-refractivity contribution is 5.97. The van der Waals surface area contributed by atoms with Gasteiger partial charge in [0, 0.05) is 49.6 Å². The summed E-state index contributed by atoms with van der Waals surface area (Å²) in [5.74, 6) is -7.65. The first kappa shape index (κ1) is 27.6. The first-order chi connectivity index (χ1) is 17.9. The third-order valence-electron chi connectivity index (χ3n) is 7.11. The minimum Gasteiger partial charge on any atom is -0.493 e. The predicted octanol–water partition coefficient (Wildman–Crippen LogP) is 2.89. The molecule has 4 rings (SSSR count). The molecule has 206 valence electrons. The van der Waals surface area contributed by atoms with Gasteiger partial charge in [0.05, 0.1) is 7.11 Å². The fourth-order valence-corrected chi connectivity index (χ4v) is 4.81. The Morgan fingerprint density at radius 3 is 2.53 bits per heavy atom. The van der Waals surface area contributed by atoms with Crippen LogP contribution in [0.5, 0.6) is 5.75 Å². The van der Waals surface area contributed by atoms with E-state index in [-0.39, 0.29) is 17.1 Å². The molecule has 2 aliphatic heterocycles. The van der Waals surface area contributed by atoms with E-state index in [9.17, 15) is 31.5 Å². The van der Waals surface area contributed by atoms with E-state index in [1.165, 1.54) is 13.0 Å². The topological polar surface area (TPSA) is 106 Å². The summed E-state index contributed by atoms with van der Waals surface area (Å²) in [5.41, 5.74) is -2.98. The molecule has 0 aliphatic carbocycles. The Labute approximate surface area is 214 Å². The van der Waals surface area contributed by atoms with Crippen LogP contribution in [0.15, 0.2) is 24.5 Å². The van der Waals surface area contributed by atoms with Crippen LogP contribution in [0.1, 0.15) is 35.8 Å². The number of piperazine rings is 1. The lowest BCUT2D eigenvalue weighted by molar-refractivity contribution is -0.272. The first-order valence-corrected chi connectivity index (χ1v) is 11.8. The second-order valence-corrected chi connectivity index (χ2v) is 9.26. The molecule has 2 aromatic rings. The van der Waals surface area contributed by atoms with Gasteiger partial charge >= 0.3 is 6.18 Å². The number of halogens is 5. The highest BCUT2D eigenvalue weighted by atomic mass is 19.4. The molecular formula is C24H26F5N5O4. The molecule has 2 amide bonds. The molecule has 38 heavy (non-hydrogen) atoms. The summed E-state index contributed by atoms with van der Waals surface area (Å²) in [7, 11) is 1.04. The van der Waals surface area contributed by atoms with Gasteiger partial charge in [-0.2, -0.15) is 17.6 Å². The number of nitrogens with one attached hydrogen (secondary N) is 2. The number of anilines is 1. The number of nitrogens with zero attached hydrogens (tertiary/aromatic N) is 3. The molecule has 4 atom stereocenters. The Balaban J connectivity index is 1.67. The Morgan fingerprint density at radius 1 is 1.21 bits per heavy atom. The number of methoxy groups -OCH3 is 1. The van der Waals surface area contributed by atoms with Crippen LogP contribution < -0.4 is 15.4 Å². The van der Waals surface area contributed by atoms with Crippen LogP contribution in [0.25, 0.3) is 0 Å². The fourth-order valence-electron chi connectivity index (χ4n) is 4.81. The van der Waals surface area contributed by atoms with E-state index in [0.29, 0.717) is 26.2 Å². The molecule has 0 saturated carbocycles. The number of hydrogen-bond acceptors (Lipinski definition) is 7. The van der Waals surface area contributed by atoms with E-state index >= 15 is 0 Å². The Morgan fingerprint density at radius 2 is 1.89 bits per heavy atom. The van der Waals surface area contributed by atoms with Crippen molar-refractivity contribution in [3.63, 3.8) is 0 Å². The van der Waals surface area contributed by atoms with E-state index in [2.05, 4.69) is 20.6 Å². The number of benzene rings is 1. The summed E-state index contributed by atoms with van der Waals surface area (Å²) < 4.78 is 81.0. The Hall–Kier alpha value is -3.39. The fraction of sp³-hybridized carbons (Fsp3) is 0.500. The normalized spacial score (nSPS) is 25.8. The lowest BCUT2D eigenvalue weighted by Crippen LogP contribution is -2.47. The molecule has 2 aliphatic rings. The summed E-state index contributed by atoms with van der Waals surface area (Å²) >= 11 is 0. The zero-order chi connectivity index (χ0) is 27.8. The number of amides is 2.